The number of pyridine rings is 1. The molecule has 3 aromatic rings. The molecule has 4 rings (SSSR count). The number of amides is 2. The average Bonchev–Trinajstić information content (AvgIpc) is 3.32. The molecular formula is C21H23N5O2. The zero-order valence-corrected chi connectivity index (χ0v) is 15.6. The lowest BCUT2D eigenvalue weighted by atomic mass is 10.2. The standard InChI is InChI=1S/C21H23N5O2/c27-20-9-8-17(24-20)14-26(13-16-5-3-4-11-22-16)21(28)10-12-25-15-23-18-6-1-2-7-19(18)25/h1-7,11,15,17H,8-10,12-14H2,(H,24,27)/t17-/m0/s1. The number of nitrogens with zero attached hydrogens (tertiary/aromatic N) is 4. The van der Waals surface area contributed by atoms with Gasteiger partial charge in [-0.25, -0.2) is 4.98 Å². The summed E-state index contributed by atoms with van der Waals surface area (Å²) < 4.78 is 2.00. The van der Waals surface area contributed by atoms with Crippen LogP contribution in [0.1, 0.15) is 25.0 Å². The monoisotopic (exact) mass is 377 g/mol. The van der Waals surface area contributed by atoms with Crippen LogP contribution in [-0.4, -0.2) is 43.8 Å². The summed E-state index contributed by atoms with van der Waals surface area (Å²) in [7, 11) is 0. The number of aryl methyl sites for hydroxylation is 1. The molecule has 1 aromatic carbocycles. The lowest BCUT2D eigenvalue weighted by Gasteiger charge is -2.25. The zero-order chi connectivity index (χ0) is 19.3. The van der Waals surface area contributed by atoms with Crippen LogP contribution in [0.3, 0.4) is 0 Å². The Morgan fingerprint density at radius 1 is 1.18 bits per heavy atom. The smallest absolute Gasteiger partial charge is 0.224 e. The fourth-order valence-corrected chi connectivity index (χ4v) is 3.58. The van der Waals surface area contributed by atoms with Crippen LogP contribution in [0.2, 0.25) is 0 Å². The Morgan fingerprint density at radius 2 is 2.04 bits per heavy atom. The average molecular weight is 377 g/mol. The number of nitrogens with one attached hydrogen (secondary N) is 1. The van der Waals surface area contributed by atoms with Crippen LogP contribution < -0.4 is 5.32 Å². The molecule has 0 aliphatic carbocycles. The molecule has 0 radical (unpaired) electrons. The highest BCUT2D eigenvalue weighted by Gasteiger charge is 2.25. The third kappa shape index (κ3) is 4.19. The Labute approximate surface area is 163 Å². The van der Waals surface area contributed by atoms with E-state index in [0.29, 0.717) is 32.5 Å². The molecule has 144 valence electrons. The molecule has 1 fully saturated rings. The van der Waals surface area contributed by atoms with Crippen molar-refractivity contribution in [3.05, 3.63) is 60.7 Å². The van der Waals surface area contributed by atoms with Gasteiger partial charge in [-0.05, 0) is 30.7 Å². The third-order valence-electron chi connectivity index (χ3n) is 5.05. The summed E-state index contributed by atoms with van der Waals surface area (Å²) in [5.41, 5.74) is 2.79. The maximum atomic E-state index is 13.0. The minimum Gasteiger partial charge on any atom is -0.352 e. The minimum atomic E-state index is 0.00855. The van der Waals surface area contributed by atoms with Crippen molar-refractivity contribution in [3.8, 4) is 0 Å². The van der Waals surface area contributed by atoms with Crippen molar-refractivity contribution in [2.24, 2.45) is 0 Å². The van der Waals surface area contributed by atoms with Gasteiger partial charge < -0.3 is 14.8 Å². The van der Waals surface area contributed by atoms with Crippen molar-refractivity contribution in [3.63, 3.8) is 0 Å². The summed E-state index contributed by atoms with van der Waals surface area (Å²) in [6, 6.07) is 13.6. The summed E-state index contributed by atoms with van der Waals surface area (Å²) in [6.45, 7) is 1.51. The molecule has 0 saturated carbocycles. The van der Waals surface area contributed by atoms with Crippen LogP contribution in [0, 0.1) is 0 Å². The molecule has 0 unspecified atom stereocenters. The number of benzene rings is 1. The molecule has 3 heterocycles. The quantitative estimate of drug-likeness (QED) is 0.684. The lowest BCUT2D eigenvalue weighted by molar-refractivity contribution is -0.132. The fraction of sp³-hybridized carbons (Fsp3) is 0.333. The van der Waals surface area contributed by atoms with Gasteiger partial charge in [0.1, 0.15) is 0 Å². The van der Waals surface area contributed by atoms with Crippen LogP contribution in [0.25, 0.3) is 11.0 Å². The first-order chi connectivity index (χ1) is 13.7. The van der Waals surface area contributed by atoms with Crippen molar-refractivity contribution < 1.29 is 9.59 Å². The van der Waals surface area contributed by atoms with E-state index in [-0.39, 0.29) is 17.9 Å². The van der Waals surface area contributed by atoms with E-state index in [2.05, 4.69) is 15.3 Å². The summed E-state index contributed by atoms with van der Waals surface area (Å²) >= 11 is 0. The first kappa shape index (κ1) is 18.2. The Balaban J connectivity index is 1.44. The highest BCUT2D eigenvalue weighted by atomic mass is 16.2. The first-order valence-electron chi connectivity index (χ1n) is 9.56. The first-order valence-corrected chi connectivity index (χ1v) is 9.56. The van der Waals surface area contributed by atoms with Gasteiger partial charge in [0.05, 0.1) is 29.6 Å². The van der Waals surface area contributed by atoms with Gasteiger partial charge in [-0.3, -0.25) is 14.6 Å². The van der Waals surface area contributed by atoms with Crippen molar-refractivity contribution in [1.29, 1.82) is 0 Å². The summed E-state index contributed by atoms with van der Waals surface area (Å²) in [5, 5.41) is 2.95. The Morgan fingerprint density at radius 3 is 2.82 bits per heavy atom. The van der Waals surface area contributed by atoms with Crippen LogP contribution in [0.15, 0.2) is 55.0 Å². The number of imidazole rings is 1. The Kier molecular flexibility index (Phi) is 5.32. The minimum absolute atomic E-state index is 0.00855. The molecule has 1 saturated heterocycles. The van der Waals surface area contributed by atoms with Crippen LogP contribution in [0.5, 0.6) is 0 Å². The van der Waals surface area contributed by atoms with E-state index >= 15 is 0 Å². The summed E-state index contributed by atoms with van der Waals surface area (Å²) in [4.78, 5) is 35.1. The van der Waals surface area contributed by atoms with E-state index in [0.717, 1.165) is 23.1 Å². The number of aromatic nitrogens is 3. The van der Waals surface area contributed by atoms with Crippen LogP contribution in [-0.2, 0) is 22.7 Å². The van der Waals surface area contributed by atoms with Gasteiger partial charge >= 0.3 is 0 Å². The number of hydrogen-bond acceptors (Lipinski definition) is 4. The van der Waals surface area contributed by atoms with Gasteiger partial charge in [0, 0.05) is 38.2 Å². The predicted molar refractivity (Wildman–Crippen MR) is 105 cm³/mol. The largest absolute Gasteiger partial charge is 0.352 e. The molecule has 2 aromatic heterocycles. The molecule has 2 amide bonds. The number of rotatable bonds is 7. The predicted octanol–water partition coefficient (Wildman–Crippen LogP) is 2.13. The highest BCUT2D eigenvalue weighted by Crippen LogP contribution is 2.15. The maximum Gasteiger partial charge on any atom is 0.224 e. The van der Waals surface area contributed by atoms with E-state index in [1.807, 2.05) is 47.0 Å². The van der Waals surface area contributed by atoms with Crippen molar-refractivity contribution in [1.82, 2.24) is 24.8 Å². The van der Waals surface area contributed by atoms with Gasteiger partial charge in [0.15, 0.2) is 0 Å². The van der Waals surface area contributed by atoms with Gasteiger partial charge in [-0.15, -0.1) is 0 Å². The SMILES string of the molecule is O=C1CC[C@@H](CN(Cc2ccccn2)C(=O)CCn2cnc3ccccc32)N1. The van der Waals surface area contributed by atoms with Crippen LogP contribution in [0.4, 0.5) is 0 Å². The number of hydrogen-bond donors (Lipinski definition) is 1. The molecular weight excluding hydrogens is 354 g/mol. The molecule has 1 aliphatic rings. The number of carbonyl (C=O) groups is 2. The van der Waals surface area contributed by atoms with Crippen molar-refractivity contribution in [2.45, 2.75) is 38.4 Å². The topological polar surface area (TPSA) is 80.1 Å². The normalized spacial score (nSPS) is 16.3. The van der Waals surface area contributed by atoms with Crippen LogP contribution >= 0.6 is 0 Å². The second kappa shape index (κ2) is 8.21. The second-order valence-corrected chi connectivity index (χ2v) is 7.08. The molecule has 1 atom stereocenters. The summed E-state index contributed by atoms with van der Waals surface area (Å²) in [5.74, 6) is 0.102. The van der Waals surface area contributed by atoms with Gasteiger partial charge in [0.25, 0.3) is 0 Å². The zero-order valence-electron chi connectivity index (χ0n) is 15.6. The van der Waals surface area contributed by atoms with Crippen molar-refractivity contribution in [2.75, 3.05) is 6.54 Å². The van der Waals surface area contributed by atoms with E-state index in [1.54, 1.807) is 17.4 Å². The van der Waals surface area contributed by atoms with Gasteiger partial charge in [0.2, 0.25) is 11.8 Å². The maximum absolute atomic E-state index is 13.0. The number of carbonyl (C=O) groups excluding carboxylic acids is 2. The summed E-state index contributed by atoms with van der Waals surface area (Å²) in [6.07, 6.45) is 5.16. The second-order valence-electron chi connectivity index (χ2n) is 7.08. The molecule has 1 aliphatic heterocycles. The molecule has 28 heavy (non-hydrogen) atoms. The highest BCUT2D eigenvalue weighted by molar-refractivity contribution is 5.79. The molecule has 7 heteroatoms. The number of para-hydroxylation sites is 2. The molecule has 0 bridgehead atoms. The molecule has 0 spiro atoms. The van der Waals surface area contributed by atoms with E-state index in [1.165, 1.54) is 0 Å². The van der Waals surface area contributed by atoms with Gasteiger partial charge in [-0.2, -0.15) is 0 Å². The van der Waals surface area contributed by atoms with E-state index in [4.69, 9.17) is 0 Å². The Bertz CT molecular complexity index is 969. The fourth-order valence-electron chi connectivity index (χ4n) is 3.58. The van der Waals surface area contributed by atoms with Gasteiger partial charge in [-0.1, -0.05) is 18.2 Å². The van der Waals surface area contributed by atoms with E-state index < -0.39 is 0 Å². The molecule has 1 N–H and O–H groups in total. The number of fused-ring (bicyclic) bond motifs is 1. The van der Waals surface area contributed by atoms with E-state index in [9.17, 15) is 9.59 Å². The Hall–Kier alpha value is -3.22. The lowest BCUT2D eigenvalue weighted by Crippen LogP contribution is -2.41. The van der Waals surface area contributed by atoms with Crippen molar-refractivity contribution >= 4 is 22.8 Å². The third-order valence-corrected chi connectivity index (χ3v) is 5.05. The molecule has 7 nitrogen and oxygen atoms in total.